The predicted molar refractivity (Wildman–Crippen MR) is 70.7 cm³/mol. The number of aliphatic hydroxyl groups is 1. The van der Waals surface area contributed by atoms with Crippen molar-refractivity contribution in [2.24, 2.45) is 0 Å². The Morgan fingerprint density at radius 3 is 2.53 bits per heavy atom. The molecule has 0 aromatic carbocycles. The molecule has 1 rings (SSSR count). The van der Waals surface area contributed by atoms with Crippen LogP contribution < -0.4 is 4.90 Å². The molecule has 110 valence electrons. The second-order valence-electron chi connectivity index (χ2n) is 4.56. The maximum Gasteiger partial charge on any atom is 0.390 e. The molecule has 0 saturated carbocycles. The lowest BCUT2D eigenvalue weighted by atomic mass is 10.0. The van der Waals surface area contributed by atoms with Crippen LogP contribution in [0.25, 0.3) is 0 Å². The second-order valence-corrected chi connectivity index (χ2v) is 5.62. The number of anilines is 1. The molecule has 1 atom stereocenters. The maximum absolute atomic E-state index is 12.2. The Bertz CT molecular complexity index is 406. The Kier molecular flexibility index (Phi) is 5.61. The van der Waals surface area contributed by atoms with E-state index in [1.807, 2.05) is 13.8 Å². The van der Waals surface area contributed by atoms with Gasteiger partial charge < -0.3 is 10.0 Å². The molecule has 19 heavy (non-hydrogen) atoms. The van der Waals surface area contributed by atoms with Gasteiger partial charge in [-0.05, 0) is 12.3 Å². The summed E-state index contributed by atoms with van der Waals surface area (Å²) in [4.78, 5) is 6.60. The van der Waals surface area contributed by atoms with Crippen molar-refractivity contribution in [1.82, 2.24) is 4.98 Å². The fourth-order valence-corrected chi connectivity index (χ4v) is 2.62. The molecule has 7 heteroatoms. The van der Waals surface area contributed by atoms with Crippen molar-refractivity contribution in [3.8, 4) is 0 Å². The van der Waals surface area contributed by atoms with E-state index < -0.39 is 12.6 Å². The molecule has 1 heterocycles. The minimum absolute atomic E-state index is 0.121. The van der Waals surface area contributed by atoms with E-state index in [0.29, 0.717) is 5.13 Å². The predicted octanol–water partition coefficient (Wildman–Crippen LogP) is 3.54. The highest BCUT2D eigenvalue weighted by atomic mass is 32.1. The molecular formula is C12H19F3N2OS. The minimum Gasteiger partial charge on any atom is -0.391 e. The van der Waals surface area contributed by atoms with Gasteiger partial charge in [0.05, 0.1) is 23.6 Å². The highest BCUT2D eigenvalue weighted by Crippen LogP contribution is 2.32. The van der Waals surface area contributed by atoms with Crippen molar-refractivity contribution in [1.29, 1.82) is 0 Å². The van der Waals surface area contributed by atoms with Crippen LogP contribution in [-0.2, 0) is 6.61 Å². The third kappa shape index (κ3) is 4.65. The number of rotatable bonds is 6. The smallest absolute Gasteiger partial charge is 0.390 e. The first kappa shape index (κ1) is 16.2. The third-order valence-electron chi connectivity index (χ3n) is 3.00. The number of halogens is 3. The Hall–Kier alpha value is -0.820. The lowest BCUT2D eigenvalue weighted by Gasteiger charge is -2.16. The fraction of sp³-hybridized carbons (Fsp3) is 0.750. The first-order valence-corrected chi connectivity index (χ1v) is 6.98. The molecular weight excluding hydrogens is 277 g/mol. The van der Waals surface area contributed by atoms with E-state index in [-0.39, 0.29) is 19.1 Å². The summed E-state index contributed by atoms with van der Waals surface area (Å²) in [5, 5.41) is 9.82. The molecule has 0 aliphatic heterocycles. The average molecular weight is 296 g/mol. The summed E-state index contributed by atoms with van der Waals surface area (Å²) in [5.74, 6) is 0.197. The molecule has 1 N–H and O–H groups in total. The van der Waals surface area contributed by atoms with Crippen molar-refractivity contribution < 1.29 is 18.3 Å². The van der Waals surface area contributed by atoms with Gasteiger partial charge in [0.1, 0.15) is 0 Å². The quantitative estimate of drug-likeness (QED) is 0.872. The van der Waals surface area contributed by atoms with Crippen molar-refractivity contribution in [3.05, 3.63) is 10.6 Å². The van der Waals surface area contributed by atoms with Gasteiger partial charge in [-0.25, -0.2) is 4.98 Å². The van der Waals surface area contributed by atoms with Gasteiger partial charge in [-0.3, -0.25) is 0 Å². The largest absolute Gasteiger partial charge is 0.391 e. The SMILES string of the molecule is CCC(C)c1nc(N(C)CCC(F)(F)F)sc1CO. The number of aromatic nitrogens is 1. The zero-order valence-corrected chi connectivity index (χ0v) is 12.1. The number of nitrogens with zero attached hydrogens (tertiary/aromatic N) is 2. The first-order chi connectivity index (χ1) is 8.78. The van der Waals surface area contributed by atoms with Crippen molar-refractivity contribution in [2.75, 3.05) is 18.5 Å². The highest BCUT2D eigenvalue weighted by molar-refractivity contribution is 7.15. The molecule has 0 saturated heterocycles. The van der Waals surface area contributed by atoms with Crippen LogP contribution in [0.2, 0.25) is 0 Å². The van der Waals surface area contributed by atoms with Gasteiger partial charge >= 0.3 is 6.18 Å². The average Bonchev–Trinajstić information content (AvgIpc) is 2.78. The van der Waals surface area contributed by atoms with E-state index in [4.69, 9.17) is 0 Å². The lowest BCUT2D eigenvalue weighted by molar-refractivity contribution is -0.132. The summed E-state index contributed by atoms with van der Waals surface area (Å²) in [5.41, 5.74) is 0.795. The molecule has 0 radical (unpaired) electrons. The number of hydrogen-bond acceptors (Lipinski definition) is 4. The highest BCUT2D eigenvalue weighted by Gasteiger charge is 2.28. The van der Waals surface area contributed by atoms with E-state index in [1.54, 1.807) is 7.05 Å². The monoisotopic (exact) mass is 296 g/mol. The van der Waals surface area contributed by atoms with Crippen LogP contribution in [0.15, 0.2) is 0 Å². The van der Waals surface area contributed by atoms with Gasteiger partial charge in [0.25, 0.3) is 0 Å². The Morgan fingerprint density at radius 2 is 2.05 bits per heavy atom. The molecule has 1 unspecified atom stereocenters. The summed E-state index contributed by atoms with van der Waals surface area (Å²) >= 11 is 1.26. The molecule has 0 spiro atoms. The topological polar surface area (TPSA) is 36.4 Å². The van der Waals surface area contributed by atoms with Crippen LogP contribution in [0, 0.1) is 0 Å². The van der Waals surface area contributed by atoms with Crippen molar-refractivity contribution >= 4 is 16.5 Å². The van der Waals surface area contributed by atoms with Gasteiger partial charge in [0, 0.05) is 13.6 Å². The molecule has 0 amide bonds. The van der Waals surface area contributed by atoms with Crippen LogP contribution in [0.3, 0.4) is 0 Å². The summed E-state index contributed by atoms with van der Waals surface area (Å²) in [6.45, 7) is 3.76. The van der Waals surface area contributed by atoms with E-state index in [1.165, 1.54) is 16.2 Å². The Labute approximate surface area is 115 Å². The third-order valence-corrected chi connectivity index (χ3v) is 4.17. The van der Waals surface area contributed by atoms with E-state index >= 15 is 0 Å². The van der Waals surface area contributed by atoms with Gasteiger partial charge in [0.15, 0.2) is 5.13 Å². The Morgan fingerprint density at radius 1 is 1.42 bits per heavy atom. The molecule has 0 aliphatic carbocycles. The molecule has 3 nitrogen and oxygen atoms in total. The van der Waals surface area contributed by atoms with E-state index in [9.17, 15) is 18.3 Å². The molecule has 1 aromatic heterocycles. The van der Waals surface area contributed by atoms with Gasteiger partial charge in [0.2, 0.25) is 0 Å². The standard InChI is InChI=1S/C12H19F3N2OS/c1-4-8(2)10-9(7-18)19-11(16-10)17(3)6-5-12(13,14)15/h8,18H,4-7H2,1-3H3. The number of hydrogen-bond donors (Lipinski definition) is 1. The summed E-state index contributed by atoms with van der Waals surface area (Å²) in [6.07, 6.45) is -4.15. The normalized spacial score (nSPS) is 13.6. The number of aliphatic hydroxyl groups excluding tert-OH is 1. The van der Waals surface area contributed by atoms with Gasteiger partial charge in [-0.15, -0.1) is 0 Å². The minimum atomic E-state index is -4.16. The molecule has 1 aromatic rings. The van der Waals surface area contributed by atoms with Crippen LogP contribution in [0.1, 0.15) is 43.2 Å². The molecule has 0 aliphatic rings. The van der Waals surface area contributed by atoms with E-state index in [2.05, 4.69) is 4.98 Å². The summed E-state index contributed by atoms with van der Waals surface area (Å²) in [7, 11) is 1.59. The lowest BCUT2D eigenvalue weighted by Crippen LogP contribution is -2.23. The first-order valence-electron chi connectivity index (χ1n) is 6.16. The van der Waals surface area contributed by atoms with Crippen molar-refractivity contribution in [2.45, 2.75) is 45.4 Å². The van der Waals surface area contributed by atoms with Crippen LogP contribution in [-0.4, -0.2) is 29.9 Å². The zero-order chi connectivity index (χ0) is 14.6. The number of thiazole rings is 1. The fourth-order valence-electron chi connectivity index (χ4n) is 1.60. The van der Waals surface area contributed by atoms with Gasteiger partial charge in [-0.1, -0.05) is 25.2 Å². The maximum atomic E-state index is 12.2. The second kappa shape index (κ2) is 6.56. The van der Waals surface area contributed by atoms with Crippen molar-refractivity contribution in [3.63, 3.8) is 0 Å². The van der Waals surface area contributed by atoms with Crippen LogP contribution >= 0.6 is 11.3 Å². The zero-order valence-electron chi connectivity index (χ0n) is 11.3. The van der Waals surface area contributed by atoms with Crippen LogP contribution in [0.4, 0.5) is 18.3 Å². The van der Waals surface area contributed by atoms with Crippen LogP contribution in [0.5, 0.6) is 0 Å². The number of alkyl halides is 3. The molecule has 0 fully saturated rings. The van der Waals surface area contributed by atoms with Gasteiger partial charge in [-0.2, -0.15) is 13.2 Å². The Balaban J connectivity index is 2.81. The molecule has 0 bridgehead atoms. The van der Waals surface area contributed by atoms with E-state index in [0.717, 1.165) is 17.0 Å². The summed E-state index contributed by atoms with van der Waals surface area (Å²) < 4.78 is 36.5. The summed E-state index contributed by atoms with van der Waals surface area (Å²) in [6, 6.07) is 0.